The van der Waals surface area contributed by atoms with Gasteiger partial charge in [0.25, 0.3) is 15.0 Å². The van der Waals surface area contributed by atoms with Crippen LogP contribution < -0.4 is 10.5 Å². The van der Waals surface area contributed by atoms with Gasteiger partial charge >= 0.3 is 0 Å². The molecule has 0 aliphatic carbocycles. The van der Waals surface area contributed by atoms with Gasteiger partial charge in [-0.3, -0.25) is 4.79 Å². The number of benzene rings is 1. The number of primary amides is 1. The van der Waals surface area contributed by atoms with E-state index in [-0.39, 0.29) is 10.3 Å². The highest BCUT2D eigenvalue weighted by Gasteiger charge is 2.25. The van der Waals surface area contributed by atoms with Gasteiger partial charge in [0.2, 0.25) is 0 Å². The lowest BCUT2D eigenvalue weighted by Crippen LogP contribution is -2.33. The summed E-state index contributed by atoms with van der Waals surface area (Å²) < 4.78 is 28.6. The molecule has 118 valence electrons. The van der Waals surface area contributed by atoms with E-state index in [9.17, 15) is 13.2 Å². The second-order valence-corrected chi connectivity index (χ2v) is 8.33. The molecule has 1 amide bonds. The smallest absolute Gasteiger partial charge is 0.261 e. The van der Waals surface area contributed by atoms with Gasteiger partial charge in [0.05, 0.1) is 4.90 Å². The molecule has 0 saturated carbocycles. The van der Waals surface area contributed by atoms with E-state index < -0.39 is 21.1 Å². The van der Waals surface area contributed by atoms with Gasteiger partial charge in [-0.25, -0.2) is 8.42 Å². The van der Waals surface area contributed by atoms with E-state index in [1.807, 2.05) is 20.8 Å². The van der Waals surface area contributed by atoms with Crippen molar-refractivity contribution in [3.05, 3.63) is 23.8 Å². The fourth-order valence-electron chi connectivity index (χ4n) is 1.85. The molecule has 0 heterocycles. The van der Waals surface area contributed by atoms with Crippen molar-refractivity contribution in [2.45, 2.75) is 50.5 Å². The first kappa shape index (κ1) is 17.8. The third-order valence-corrected chi connectivity index (χ3v) is 4.35. The third kappa shape index (κ3) is 4.61. The number of ether oxygens (including phenoxy) is 1. The first-order valence-corrected chi connectivity index (χ1v) is 8.83. The molecule has 1 rings (SSSR count). The molecule has 0 spiro atoms. The summed E-state index contributed by atoms with van der Waals surface area (Å²) in [5, 5.41) is 0. The predicted octanol–water partition coefficient (Wildman–Crippen LogP) is 2.55. The van der Waals surface area contributed by atoms with Crippen molar-refractivity contribution in [3.8, 4) is 5.75 Å². The summed E-state index contributed by atoms with van der Waals surface area (Å²) in [4.78, 5) is 11.3. The molecule has 5 nitrogen and oxygen atoms in total. The maximum absolute atomic E-state index is 11.5. The minimum Gasteiger partial charge on any atom is -0.480 e. The van der Waals surface area contributed by atoms with Gasteiger partial charge in [-0.05, 0) is 30.0 Å². The zero-order chi connectivity index (χ0) is 16.4. The van der Waals surface area contributed by atoms with Gasteiger partial charge in [0.15, 0.2) is 6.10 Å². The Morgan fingerprint density at radius 2 is 1.95 bits per heavy atom. The first-order valence-electron chi connectivity index (χ1n) is 6.52. The van der Waals surface area contributed by atoms with Crippen LogP contribution in [0.3, 0.4) is 0 Å². The molecule has 2 N–H and O–H groups in total. The highest BCUT2D eigenvalue weighted by molar-refractivity contribution is 8.13. The van der Waals surface area contributed by atoms with Gasteiger partial charge in [-0.2, -0.15) is 0 Å². The van der Waals surface area contributed by atoms with Crippen LogP contribution in [0.1, 0.15) is 39.7 Å². The highest BCUT2D eigenvalue weighted by Crippen LogP contribution is 2.34. The highest BCUT2D eigenvalue weighted by atomic mass is 35.7. The van der Waals surface area contributed by atoms with Gasteiger partial charge in [-0.15, -0.1) is 0 Å². The summed E-state index contributed by atoms with van der Waals surface area (Å²) in [5.74, 6) is -0.136. The lowest BCUT2D eigenvalue weighted by molar-refractivity contribution is -0.124. The molecule has 21 heavy (non-hydrogen) atoms. The minimum absolute atomic E-state index is 0.00596. The Morgan fingerprint density at radius 1 is 1.38 bits per heavy atom. The monoisotopic (exact) mass is 333 g/mol. The lowest BCUT2D eigenvalue weighted by atomic mass is 9.86. The number of hydrogen-bond acceptors (Lipinski definition) is 4. The molecule has 0 aliphatic rings. The van der Waals surface area contributed by atoms with Crippen LogP contribution in [0.5, 0.6) is 5.75 Å². The summed E-state index contributed by atoms with van der Waals surface area (Å²) in [7, 11) is 1.55. The average Bonchev–Trinajstić information content (AvgIpc) is 2.33. The molecule has 1 atom stereocenters. The Kier molecular flexibility index (Phi) is 5.28. The van der Waals surface area contributed by atoms with Crippen LogP contribution in [0.2, 0.25) is 0 Å². The second kappa shape index (κ2) is 6.23. The Balaban J connectivity index is 3.36. The topological polar surface area (TPSA) is 86.5 Å². The van der Waals surface area contributed by atoms with E-state index in [1.165, 1.54) is 18.2 Å². The molecule has 1 aromatic carbocycles. The molecule has 0 radical (unpaired) electrons. The van der Waals surface area contributed by atoms with Crippen molar-refractivity contribution in [2.24, 2.45) is 5.73 Å². The fourth-order valence-corrected chi connectivity index (χ4v) is 2.62. The summed E-state index contributed by atoms with van der Waals surface area (Å²) in [6.45, 7) is 7.50. The van der Waals surface area contributed by atoms with Crippen molar-refractivity contribution >= 4 is 25.6 Å². The van der Waals surface area contributed by atoms with Crippen LogP contribution in [0, 0.1) is 0 Å². The molecule has 7 heteroatoms. The Morgan fingerprint density at radius 3 is 2.33 bits per heavy atom. The molecule has 1 unspecified atom stereocenters. The number of carbonyl (C=O) groups excluding carboxylic acids is 1. The van der Waals surface area contributed by atoms with Crippen LogP contribution in [-0.4, -0.2) is 20.4 Å². The molecule has 0 saturated heterocycles. The van der Waals surface area contributed by atoms with Crippen molar-refractivity contribution < 1.29 is 17.9 Å². The number of halogens is 1. The maximum atomic E-state index is 11.5. The van der Waals surface area contributed by atoms with Gasteiger partial charge in [-0.1, -0.05) is 27.7 Å². The predicted molar refractivity (Wildman–Crippen MR) is 82.1 cm³/mol. The molecule has 0 aliphatic heterocycles. The van der Waals surface area contributed by atoms with E-state index in [0.717, 1.165) is 0 Å². The zero-order valence-electron chi connectivity index (χ0n) is 12.5. The van der Waals surface area contributed by atoms with Crippen LogP contribution in [0.15, 0.2) is 23.1 Å². The SMILES string of the molecule is CCC(Oc1ccc(S(=O)(=O)Cl)cc1C(C)(C)C)C(N)=O. The lowest BCUT2D eigenvalue weighted by Gasteiger charge is -2.25. The van der Waals surface area contributed by atoms with E-state index in [4.69, 9.17) is 21.2 Å². The second-order valence-electron chi connectivity index (χ2n) is 5.76. The van der Waals surface area contributed by atoms with Gasteiger partial charge in [0, 0.05) is 16.2 Å². The number of carbonyl (C=O) groups is 1. The van der Waals surface area contributed by atoms with Crippen LogP contribution in [0.25, 0.3) is 0 Å². The largest absolute Gasteiger partial charge is 0.480 e. The van der Waals surface area contributed by atoms with E-state index in [2.05, 4.69) is 0 Å². The molecule has 0 aromatic heterocycles. The van der Waals surface area contributed by atoms with E-state index in [1.54, 1.807) is 6.92 Å². The molecular weight excluding hydrogens is 314 g/mol. The average molecular weight is 334 g/mol. The Labute approximate surface area is 129 Å². The first-order chi connectivity index (χ1) is 9.46. The van der Waals surface area contributed by atoms with E-state index in [0.29, 0.717) is 17.7 Å². The summed E-state index contributed by atoms with van der Waals surface area (Å²) in [6.07, 6.45) is -0.335. The fraction of sp³-hybridized carbons (Fsp3) is 0.500. The Hall–Kier alpha value is -1.27. The Bertz CT molecular complexity index is 635. The summed E-state index contributed by atoms with van der Waals surface area (Å²) >= 11 is 0. The van der Waals surface area contributed by atoms with Crippen LogP contribution in [0.4, 0.5) is 0 Å². The molecule has 1 aromatic rings. The maximum Gasteiger partial charge on any atom is 0.261 e. The normalized spacial score (nSPS) is 13.8. The molecule has 0 bridgehead atoms. The van der Waals surface area contributed by atoms with Crippen LogP contribution >= 0.6 is 10.7 Å². The van der Waals surface area contributed by atoms with E-state index >= 15 is 0 Å². The summed E-state index contributed by atoms with van der Waals surface area (Å²) in [5.41, 5.74) is 5.53. The number of hydrogen-bond donors (Lipinski definition) is 1. The van der Waals surface area contributed by atoms with Crippen LogP contribution in [-0.2, 0) is 19.3 Å². The van der Waals surface area contributed by atoms with Crippen molar-refractivity contribution in [1.82, 2.24) is 0 Å². The molecular formula is C14H20ClNO4S. The minimum atomic E-state index is -3.83. The van der Waals surface area contributed by atoms with Gasteiger partial charge < -0.3 is 10.5 Å². The molecule has 0 fully saturated rings. The third-order valence-electron chi connectivity index (χ3n) is 3.00. The number of nitrogens with two attached hydrogens (primary N) is 1. The van der Waals surface area contributed by atoms with Crippen molar-refractivity contribution in [2.75, 3.05) is 0 Å². The zero-order valence-corrected chi connectivity index (χ0v) is 14.1. The standard InChI is InChI=1S/C14H20ClNO4S/c1-5-11(13(16)17)20-12-7-6-9(21(15,18)19)8-10(12)14(2,3)4/h6-8,11H,5H2,1-4H3,(H2,16,17). The van der Waals surface area contributed by atoms with Crippen molar-refractivity contribution in [1.29, 1.82) is 0 Å². The number of amides is 1. The number of rotatable bonds is 5. The quantitative estimate of drug-likeness (QED) is 0.839. The van der Waals surface area contributed by atoms with Crippen molar-refractivity contribution in [3.63, 3.8) is 0 Å². The van der Waals surface area contributed by atoms with Gasteiger partial charge in [0.1, 0.15) is 5.75 Å². The summed E-state index contributed by atoms with van der Waals surface area (Å²) in [6, 6.07) is 4.31.